The maximum atomic E-state index is 12.2. The Kier molecular flexibility index (Phi) is 5.53. The molecule has 0 aromatic heterocycles. The maximum absolute atomic E-state index is 12.2. The number of carboxylic acids is 1. The first-order valence-corrected chi connectivity index (χ1v) is 5.93. The van der Waals surface area contributed by atoms with E-state index in [1.807, 2.05) is 0 Å². The predicted molar refractivity (Wildman–Crippen MR) is 72.2 cm³/mol. The summed E-state index contributed by atoms with van der Waals surface area (Å²) in [5.74, 6) is -2.51. The van der Waals surface area contributed by atoms with Gasteiger partial charge in [0.25, 0.3) is 5.91 Å². The number of carbonyl (C=O) groups excluding carboxylic acids is 2. The van der Waals surface area contributed by atoms with E-state index in [-0.39, 0.29) is 17.1 Å². The molecule has 0 fully saturated rings. The highest BCUT2D eigenvalue weighted by Crippen LogP contribution is 2.28. The van der Waals surface area contributed by atoms with Gasteiger partial charge in [-0.15, -0.1) is 0 Å². The van der Waals surface area contributed by atoms with Gasteiger partial charge in [-0.2, -0.15) is 0 Å². The first-order valence-electron chi connectivity index (χ1n) is 5.93. The van der Waals surface area contributed by atoms with Crippen molar-refractivity contribution in [3.05, 3.63) is 23.8 Å². The number of primary amides is 1. The summed E-state index contributed by atoms with van der Waals surface area (Å²) < 4.78 is 10.1. The number of nitrogens with two attached hydrogens (primary N) is 1. The minimum absolute atomic E-state index is 0.0400. The van der Waals surface area contributed by atoms with Crippen molar-refractivity contribution in [2.24, 2.45) is 5.73 Å². The summed E-state index contributed by atoms with van der Waals surface area (Å²) in [5.41, 5.74) is 4.99. The van der Waals surface area contributed by atoms with Gasteiger partial charge < -0.3 is 25.6 Å². The van der Waals surface area contributed by atoms with Crippen molar-refractivity contribution in [1.82, 2.24) is 5.32 Å². The third kappa shape index (κ3) is 4.10. The molecule has 0 saturated heterocycles. The third-order valence-electron chi connectivity index (χ3n) is 2.66. The Morgan fingerprint density at radius 2 is 1.76 bits per heavy atom. The van der Waals surface area contributed by atoms with Gasteiger partial charge in [-0.05, 0) is 12.1 Å². The fourth-order valence-corrected chi connectivity index (χ4v) is 1.71. The predicted octanol–water partition coefficient (Wildman–Crippen LogP) is -0.238. The SMILES string of the molecule is COc1cccc(OC)c1C(=O)N[C@@H](CC(N)=O)C(=O)O. The number of rotatable bonds is 7. The average Bonchev–Trinajstić information content (AvgIpc) is 2.44. The van der Waals surface area contributed by atoms with Crippen LogP contribution >= 0.6 is 0 Å². The molecular weight excluding hydrogens is 280 g/mol. The topological polar surface area (TPSA) is 128 Å². The average molecular weight is 296 g/mol. The summed E-state index contributed by atoms with van der Waals surface area (Å²) in [6.45, 7) is 0. The lowest BCUT2D eigenvalue weighted by Gasteiger charge is -2.16. The lowest BCUT2D eigenvalue weighted by atomic mass is 10.1. The molecule has 4 N–H and O–H groups in total. The molecule has 0 aliphatic carbocycles. The zero-order valence-electron chi connectivity index (χ0n) is 11.6. The van der Waals surface area contributed by atoms with Gasteiger partial charge in [0, 0.05) is 0 Å². The van der Waals surface area contributed by atoms with Crippen LogP contribution in [0.25, 0.3) is 0 Å². The number of benzene rings is 1. The van der Waals surface area contributed by atoms with E-state index in [9.17, 15) is 14.4 Å². The van der Waals surface area contributed by atoms with Gasteiger partial charge in [0.15, 0.2) is 0 Å². The molecule has 2 amide bonds. The zero-order chi connectivity index (χ0) is 16.0. The van der Waals surface area contributed by atoms with Gasteiger partial charge in [-0.1, -0.05) is 6.07 Å². The molecule has 0 saturated carbocycles. The normalized spacial score (nSPS) is 11.3. The second kappa shape index (κ2) is 7.13. The largest absolute Gasteiger partial charge is 0.496 e. The molecule has 1 aromatic carbocycles. The number of ether oxygens (including phenoxy) is 2. The van der Waals surface area contributed by atoms with Crippen molar-refractivity contribution in [2.75, 3.05) is 14.2 Å². The van der Waals surface area contributed by atoms with E-state index in [0.29, 0.717) is 0 Å². The zero-order valence-corrected chi connectivity index (χ0v) is 11.6. The second-order valence-electron chi connectivity index (χ2n) is 4.07. The summed E-state index contributed by atoms with van der Waals surface area (Å²) in [4.78, 5) is 34.1. The van der Waals surface area contributed by atoms with Gasteiger partial charge >= 0.3 is 5.97 Å². The van der Waals surface area contributed by atoms with Crippen LogP contribution in [0, 0.1) is 0 Å². The number of methoxy groups -OCH3 is 2. The maximum Gasteiger partial charge on any atom is 0.326 e. The number of aliphatic carboxylic acids is 1. The van der Waals surface area contributed by atoms with Gasteiger partial charge in [-0.3, -0.25) is 9.59 Å². The summed E-state index contributed by atoms with van der Waals surface area (Å²) in [6.07, 6.45) is -0.515. The number of carbonyl (C=O) groups is 3. The lowest BCUT2D eigenvalue weighted by Crippen LogP contribution is -2.43. The number of hydrogen-bond donors (Lipinski definition) is 3. The van der Waals surface area contributed by atoms with E-state index >= 15 is 0 Å². The van der Waals surface area contributed by atoms with Crippen molar-refractivity contribution < 1.29 is 29.0 Å². The second-order valence-corrected chi connectivity index (χ2v) is 4.07. The monoisotopic (exact) mass is 296 g/mol. The standard InChI is InChI=1S/C13H16N2O6/c1-20-8-4-3-5-9(21-2)11(8)12(17)15-7(13(18)19)6-10(14)16/h3-5,7H,6H2,1-2H3,(H2,14,16)(H,15,17)(H,18,19)/t7-/m0/s1. The molecular formula is C13H16N2O6. The summed E-state index contributed by atoms with van der Waals surface area (Å²) in [6, 6.07) is 3.25. The Hall–Kier alpha value is -2.77. The summed E-state index contributed by atoms with van der Waals surface area (Å²) in [7, 11) is 2.73. The van der Waals surface area contributed by atoms with E-state index in [0.717, 1.165) is 0 Å². The Balaban J connectivity index is 3.07. The molecule has 8 heteroatoms. The molecule has 0 heterocycles. The Labute approximate surface area is 120 Å². The Morgan fingerprint density at radius 3 is 2.14 bits per heavy atom. The Morgan fingerprint density at radius 1 is 1.24 bits per heavy atom. The van der Waals surface area contributed by atoms with Gasteiger partial charge in [-0.25, -0.2) is 4.79 Å². The quantitative estimate of drug-likeness (QED) is 0.637. The lowest BCUT2D eigenvalue weighted by molar-refractivity contribution is -0.140. The van der Waals surface area contributed by atoms with Crippen molar-refractivity contribution in [3.63, 3.8) is 0 Å². The molecule has 114 valence electrons. The van der Waals surface area contributed by atoms with Crippen LogP contribution in [-0.4, -0.2) is 43.2 Å². The molecule has 0 aliphatic heterocycles. The highest BCUT2D eigenvalue weighted by Gasteiger charge is 2.26. The molecule has 0 radical (unpaired) electrons. The molecule has 1 aromatic rings. The van der Waals surface area contributed by atoms with Crippen LogP contribution in [-0.2, 0) is 9.59 Å². The van der Waals surface area contributed by atoms with Crippen molar-refractivity contribution in [1.29, 1.82) is 0 Å². The molecule has 0 spiro atoms. The molecule has 1 atom stereocenters. The minimum atomic E-state index is -1.43. The highest BCUT2D eigenvalue weighted by molar-refractivity contribution is 6.02. The van der Waals surface area contributed by atoms with E-state index in [4.69, 9.17) is 20.3 Å². The fourth-order valence-electron chi connectivity index (χ4n) is 1.71. The van der Waals surface area contributed by atoms with Crippen LogP contribution < -0.4 is 20.5 Å². The van der Waals surface area contributed by atoms with Crippen LogP contribution in [0.1, 0.15) is 16.8 Å². The third-order valence-corrected chi connectivity index (χ3v) is 2.66. The number of amides is 2. The highest BCUT2D eigenvalue weighted by atomic mass is 16.5. The molecule has 1 rings (SSSR count). The molecule has 8 nitrogen and oxygen atoms in total. The number of nitrogens with one attached hydrogen (secondary N) is 1. The van der Waals surface area contributed by atoms with Crippen LogP contribution in [0.2, 0.25) is 0 Å². The molecule has 0 bridgehead atoms. The summed E-state index contributed by atoms with van der Waals surface area (Å²) in [5, 5.41) is 11.2. The van der Waals surface area contributed by atoms with E-state index in [2.05, 4.69) is 5.32 Å². The number of carboxylic acid groups (broad SMARTS) is 1. The van der Waals surface area contributed by atoms with Gasteiger partial charge in [0.05, 0.1) is 20.6 Å². The van der Waals surface area contributed by atoms with E-state index < -0.39 is 30.2 Å². The van der Waals surface area contributed by atoms with Crippen molar-refractivity contribution >= 4 is 17.8 Å². The minimum Gasteiger partial charge on any atom is -0.496 e. The van der Waals surface area contributed by atoms with E-state index in [1.54, 1.807) is 6.07 Å². The smallest absolute Gasteiger partial charge is 0.326 e. The number of hydrogen-bond acceptors (Lipinski definition) is 5. The first-order chi connectivity index (χ1) is 9.90. The summed E-state index contributed by atoms with van der Waals surface area (Å²) >= 11 is 0. The Bertz CT molecular complexity index is 535. The fraction of sp³-hybridized carbons (Fsp3) is 0.308. The van der Waals surface area contributed by atoms with Crippen molar-refractivity contribution in [2.45, 2.75) is 12.5 Å². The van der Waals surface area contributed by atoms with Crippen LogP contribution in [0.5, 0.6) is 11.5 Å². The molecule has 0 unspecified atom stereocenters. The van der Waals surface area contributed by atoms with Crippen LogP contribution in [0.4, 0.5) is 0 Å². The van der Waals surface area contributed by atoms with Crippen LogP contribution in [0.15, 0.2) is 18.2 Å². The molecule has 21 heavy (non-hydrogen) atoms. The van der Waals surface area contributed by atoms with Gasteiger partial charge in [0.2, 0.25) is 5.91 Å². The van der Waals surface area contributed by atoms with Gasteiger partial charge in [0.1, 0.15) is 23.1 Å². The van der Waals surface area contributed by atoms with Crippen LogP contribution in [0.3, 0.4) is 0 Å². The first kappa shape index (κ1) is 16.3. The van der Waals surface area contributed by atoms with Crippen molar-refractivity contribution in [3.8, 4) is 11.5 Å². The molecule has 0 aliphatic rings. The van der Waals surface area contributed by atoms with E-state index in [1.165, 1.54) is 26.4 Å².